The minimum Gasteiger partial charge on any atom is -0.323 e. The van der Waals surface area contributed by atoms with Crippen LogP contribution in [0.25, 0.3) is 0 Å². The number of rotatable bonds is 4. The van der Waals surface area contributed by atoms with Crippen LogP contribution in [0.1, 0.15) is 77.3 Å². The molecular formula is C22H32FN3O2. The fourth-order valence-electron chi connectivity index (χ4n) is 4.43. The number of benzene rings is 1. The predicted molar refractivity (Wildman–Crippen MR) is 107 cm³/mol. The standard InChI is InChI=1S/C22H32FN3O2/c1-21(2,3)18(16-9-11-17(23)12-10-16)24-15-26-19(27)22(25-20(26)28)13-7-5-4-6-8-14-22/h9-12,18,24H,4-8,13-15H2,1-3H3,(H,25,28)/t18-/m0/s1. The molecule has 0 aromatic heterocycles. The zero-order valence-corrected chi connectivity index (χ0v) is 17.2. The van der Waals surface area contributed by atoms with Crippen LogP contribution in [-0.2, 0) is 4.79 Å². The minimum absolute atomic E-state index is 0.112. The highest BCUT2D eigenvalue weighted by Gasteiger charge is 2.50. The molecule has 1 spiro atoms. The van der Waals surface area contributed by atoms with Crippen LogP contribution in [0.4, 0.5) is 9.18 Å². The van der Waals surface area contributed by atoms with Crippen LogP contribution in [-0.4, -0.2) is 29.0 Å². The summed E-state index contributed by atoms with van der Waals surface area (Å²) >= 11 is 0. The van der Waals surface area contributed by atoms with Gasteiger partial charge in [-0.15, -0.1) is 0 Å². The van der Waals surface area contributed by atoms with E-state index in [-0.39, 0.29) is 35.9 Å². The maximum absolute atomic E-state index is 13.3. The minimum atomic E-state index is -0.730. The molecule has 1 aromatic carbocycles. The van der Waals surface area contributed by atoms with E-state index in [0.717, 1.165) is 31.2 Å². The molecule has 1 atom stereocenters. The van der Waals surface area contributed by atoms with Crippen LogP contribution in [0.2, 0.25) is 0 Å². The van der Waals surface area contributed by atoms with Crippen molar-refractivity contribution in [3.05, 3.63) is 35.6 Å². The Morgan fingerprint density at radius 3 is 2.21 bits per heavy atom. The molecule has 6 heteroatoms. The lowest BCUT2D eigenvalue weighted by Gasteiger charge is -2.33. The first kappa shape index (κ1) is 20.8. The number of imide groups is 1. The molecule has 1 aromatic rings. The van der Waals surface area contributed by atoms with Gasteiger partial charge in [0.05, 0.1) is 6.67 Å². The predicted octanol–water partition coefficient (Wildman–Crippen LogP) is 4.49. The lowest BCUT2D eigenvalue weighted by Crippen LogP contribution is -2.48. The number of halogens is 1. The second kappa shape index (κ2) is 8.19. The van der Waals surface area contributed by atoms with E-state index in [9.17, 15) is 14.0 Å². The van der Waals surface area contributed by atoms with Gasteiger partial charge < -0.3 is 5.32 Å². The largest absolute Gasteiger partial charge is 0.326 e. The number of hydrogen-bond donors (Lipinski definition) is 2. The molecular weight excluding hydrogens is 357 g/mol. The van der Waals surface area contributed by atoms with Crippen molar-refractivity contribution in [2.75, 3.05) is 6.67 Å². The van der Waals surface area contributed by atoms with Crippen molar-refractivity contribution >= 4 is 11.9 Å². The molecule has 0 bridgehead atoms. The second-order valence-corrected chi connectivity index (χ2v) is 9.23. The Bertz CT molecular complexity index is 703. The van der Waals surface area contributed by atoms with Crippen LogP contribution < -0.4 is 10.6 Å². The Balaban J connectivity index is 1.73. The smallest absolute Gasteiger partial charge is 0.323 e. The van der Waals surface area contributed by atoms with Crippen molar-refractivity contribution in [2.24, 2.45) is 5.41 Å². The van der Waals surface area contributed by atoms with Gasteiger partial charge in [0.1, 0.15) is 11.4 Å². The summed E-state index contributed by atoms with van der Waals surface area (Å²) in [7, 11) is 0. The van der Waals surface area contributed by atoms with Crippen LogP contribution in [0.3, 0.4) is 0 Å². The number of hydrogen-bond acceptors (Lipinski definition) is 3. The highest BCUT2D eigenvalue weighted by atomic mass is 19.1. The molecule has 3 rings (SSSR count). The summed E-state index contributed by atoms with van der Waals surface area (Å²) < 4.78 is 13.3. The van der Waals surface area contributed by atoms with E-state index < -0.39 is 5.54 Å². The number of nitrogens with one attached hydrogen (secondary N) is 2. The molecule has 5 nitrogen and oxygen atoms in total. The van der Waals surface area contributed by atoms with Gasteiger partial charge in [0, 0.05) is 6.04 Å². The molecule has 1 saturated carbocycles. The molecule has 0 radical (unpaired) electrons. The molecule has 1 aliphatic carbocycles. The summed E-state index contributed by atoms with van der Waals surface area (Å²) in [5.74, 6) is -0.393. The van der Waals surface area contributed by atoms with E-state index >= 15 is 0 Å². The lowest BCUT2D eigenvalue weighted by atomic mass is 9.82. The van der Waals surface area contributed by atoms with Gasteiger partial charge in [0.25, 0.3) is 5.91 Å². The Morgan fingerprint density at radius 2 is 1.64 bits per heavy atom. The van der Waals surface area contributed by atoms with Crippen LogP contribution in [0, 0.1) is 11.2 Å². The maximum Gasteiger partial charge on any atom is 0.326 e. The summed E-state index contributed by atoms with van der Waals surface area (Å²) in [6, 6.07) is 5.94. The molecule has 28 heavy (non-hydrogen) atoms. The fraction of sp³-hybridized carbons (Fsp3) is 0.636. The first-order valence-electron chi connectivity index (χ1n) is 10.4. The van der Waals surface area contributed by atoms with Gasteiger partial charge in [-0.1, -0.05) is 65.0 Å². The van der Waals surface area contributed by atoms with Gasteiger partial charge in [-0.3, -0.25) is 10.1 Å². The summed E-state index contributed by atoms with van der Waals surface area (Å²) in [5, 5.41) is 6.36. The molecule has 1 heterocycles. The van der Waals surface area contributed by atoms with Gasteiger partial charge in [-0.05, 0) is 36.0 Å². The average molecular weight is 390 g/mol. The van der Waals surface area contributed by atoms with E-state index in [4.69, 9.17) is 0 Å². The summed E-state index contributed by atoms with van der Waals surface area (Å²) in [6.45, 7) is 6.38. The van der Waals surface area contributed by atoms with Gasteiger partial charge in [-0.25, -0.2) is 14.1 Å². The quantitative estimate of drug-likeness (QED) is 0.746. The second-order valence-electron chi connectivity index (χ2n) is 9.23. The Labute approximate surface area is 167 Å². The molecule has 1 saturated heterocycles. The zero-order valence-electron chi connectivity index (χ0n) is 17.2. The van der Waals surface area contributed by atoms with Gasteiger partial charge in [0.15, 0.2) is 0 Å². The monoisotopic (exact) mass is 389 g/mol. The summed E-state index contributed by atoms with van der Waals surface area (Å²) in [6.07, 6.45) is 6.79. The third-order valence-electron chi connectivity index (χ3n) is 5.98. The molecule has 154 valence electrons. The topological polar surface area (TPSA) is 61.4 Å². The van der Waals surface area contributed by atoms with Crippen LogP contribution in [0.15, 0.2) is 24.3 Å². The average Bonchev–Trinajstić information content (AvgIpc) is 2.83. The summed E-state index contributed by atoms with van der Waals surface area (Å²) in [4.78, 5) is 27.1. The zero-order chi connectivity index (χ0) is 20.4. The normalized spacial score (nSPS) is 21.4. The van der Waals surface area contributed by atoms with Gasteiger partial charge >= 0.3 is 6.03 Å². The third-order valence-corrected chi connectivity index (χ3v) is 5.98. The van der Waals surface area contributed by atoms with Gasteiger partial charge in [-0.2, -0.15) is 0 Å². The highest BCUT2D eigenvalue weighted by Crippen LogP contribution is 2.34. The van der Waals surface area contributed by atoms with Crippen LogP contribution in [0.5, 0.6) is 0 Å². The Morgan fingerprint density at radius 1 is 1.07 bits per heavy atom. The van der Waals surface area contributed by atoms with E-state index in [2.05, 4.69) is 31.4 Å². The van der Waals surface area contributed by atoms with E-state index in [1.165, 1.54) is 23.5 Å². The molecule has 2 N–H and O–H groups in total. The van der Waals surface area contributed by atoms with Crippen LogP contribution >= 0.6 is 0 Å². The lowest BCUT2D eigenvalue weighted by molar-refractivity contribution is -0.132. The number of carbonyl (C=O) groups is 2. The Kier molecular flexibility index (Phi) is 6.08. The number of carbonyl (C=O) groups excluding carboxylic acids is 2. The molecule has 0 unspecified atom stereocenters. The van der Waals surface area contributed by atoms with Crippen molar-refractivity contribution < 1.29 is 14.0 Å². The van der Waals surface area contributed by atoms with Crippen molar-refractivity contribution in [3.8, 4) is 0 Å². The SMILES string of the molecule is CC(C)(C)[C@@H](NCN1C(=O)NC2(CCCCCCC2)C1=O)c1ccc(F)cc1. The maximum atomic E-state index is 13.3. The van der Waals surface area contributed by atoms with Gasteiger partial charge in [0.2, 0.25) is 0 Å². The van der Waals surface area contributed by atoms with Crippen molar-refractivity contribution in [1.29, 1.82) is 0 Å². The first-order valence-corrected chi connectivity index (χ1v) is 10.4. The van der Waals surface area contributed by atoms with E-state index in [1.807, 2.05) is 0 Å². The van der Waals surface area contributed by atoms with Crippen molar-refractivity contribution in [1.82, 2.24) is 15.5 Å². The fourth-order valence-corrected chi connectivity index (χ4v) is 4.43. The van der Waals surface area contributed by atoms with E-state index in [1.54, 1.807) is 12.1 Å². The molecule has 2 fully saturated rings. The highest BCUT2D eigenvalue weighted by molar-refractivity contribution is 6.07. The number of amides is 3. The summed E-state index contributed by atoms with van der Waals surface area (Å²) in [5.41, 5.74) is 0.0306. The third kappa shape index (κ3) is 4.37. The van der Waals surface area contributed by atoms with Crippen molar-refractivity contribution in [3.63, 3.8) is 0 Å². The number of nitrogens with zero attached hydrogens (tertiary/aromatic N) is 1. The van der Waals surface area contributed by atoms with E-state index in [0.29, 0.717) is 12.8 Å². The Hall–Kier alpha value is -1.95. The number of urea groups is 1. The van der Waals surface area contributed by atoms with Crippen molar-refractivity contribution in [2.45, 2.75) is 77.3 Å². The molecule has 1 aliphatic heterocycles. The molecule has 2 aliphatic rings. The molecule has 3 amide bonds. The first-order chi connectivity index (χ1) is 13.2.